The van der Waals surface area contributed by atoms with E-state index in [1.165, 1.54) is 6.08 Å². The van der Waals surface area contributed by atoms with Gasteiger partial charge in [0.2, 0.25) is 0 Å². The lowest BCUT2D eigenvalue weighted by Gasteiger charge is -2.31. The van der Waals surface area contributed by atoms with Crippen molar-refractivity contribution in [1.29, 1.82) is 0 Å². The zero-order chi connectivity index (χ0) is 21.6. The lowest BCUT2D eigenvalue weighted by Crippen LogP contribution is -3.16. The van der Waals surface area contributed by atoms with Gasteiger partial charge in [0.1, 0.15) is 41.8 Å². The van der Waals surface area contributed by atoms with E-state index in [1.807, 2.05) is 13.8 Å². The van der Waals surface area contributed by atoms with Crippen molar-refractivity contribution in [2.75, 3.05) is 38.2 Å². The number of hydrogen-bond donors (Lipinski definition) is 2. The van der Waals surface area contributed by atoms with E-state index in [0.717, 1.165) is 29.3 Å². The molecule has 0 saturated carbocycles. The summed E-state index contributed by atoms with van der Waals surface area (Å²) in [6.07, 6.45) is 1.61. The van der Waals surface area contributed by atoms with Crippen molar-refractivity contribution < 1.29 is 33.5 Å². The third kappa shape index (κ3) is 6.12. The number of nitrogens with one attached hydrogen (secondary N) is 2. The van der Waals surface area contributed by atoms with Gasteiger partial charge in [0, 0.05) is 0 Å². The van der Waals surface area contributed by atoms with Crippen LogP contribution in [0.4, 0.5) is 5.00 Å². The third-order valence-corrected chi connectivity index (χ3v) is 5.61. The molecule has 1 fully saturated rings. The summed E-state index contributed by atoms with van der Waals surface area (Å²) in [5.74, 6) is -1.39. The lowest BCUT2D eigenvalue weighted by molar-refractivity contribution is -0.907. The minimum absolute atomic E-state index is 0.0589. The maximum absolute atomic E-state index is 12.6. The number of thiophene rings is 1. The molecule has 160 valence electrons. The van der Waals surface area contributed by atoms with Crippen LogP contribution in [0.1, 0.15) is 46.4 Å². The highest BCUT2D eigenvalue weighted by atomic mass is 32.1. The van der Waals surface area contributed by atoms with Gasteiger partial charge in [-0.15, -0.1) is 11.3 Å². The Morgan fingerprint density at radius 2 is 1.90 bits per heavy atom. The molecule has 9 heteroatoms. The molecule has 29 heavy (non-hydrogen) atoms. The number of ether oxygens (including phenoxy) is 3. The molecule has 0 bridgehead atoms. The van der Waals surface area contributed by atoms with E-state index in [0.29, 0.717) is 10.6 Å². The van der Waals surface area contributed by atoms with Crippen LogP contribution < -0.4 is 10.2 Å². The topological polar surface area (TPSA) is 95.4 Å². The molecule has 1 aromatic rings. The number of carbonyl (C=O) groups excluding carboxylic acids is 3. The Morgan fingerprint density at radius 1 is 1.24 bits per heavy atom. The summed E-state index contributed by atoms with van der Waals surface area (Å²) >= 11 is 1.01. The molecule has 8 nitrogen and oxygen atoms in total. The molecular formula is C20H29N2O6S+. The fraction of sp³-hybridized carbons (Fsp3) is 0.550. The first-order chi connectivity index (χ1) is 13.8. The molecule has 2 N–H and O–H groups in total. The molecular weight excluding hydrogens is 396 g/mol. The van der Waals surface area contributed by atoms with Gasteiger partial charge in [0.05, 0.1) is 12.2 Å². The number of morpholine rings is 1. The standard InChI is InChI=1S/C20H28N2O6S/c1-6-8-27-20(25)17-14(5)16(19(24)26-7-2)18(29-17)21-15(23)11-22-9-12(3)28-13(4)10-22/h6,12-13H,1,7-11H2,2-5H3,(H,21,23)/p+1/t12-,13-/m1/s1. The zero-order valence-electron chi connectivity index (χ0n) is 17.3. The smallest absolute Gasteiger partial charge is 0.348 e. The molecule has 1 amide bonds. The van der Waals surface area contributed by atoms with Crippen LogP contribution in [0.25, 0.3) is 0 Å². The highest BCUT2D eigenvalue weighted by Gasteiger charge is 2.30. The molecule has 0 spiro atoms. The van der Waals surface area contributed by atoms with Crippen molar-refractivity contribution in [3.8, 4) is 0 Å². The molecule has 2 rings (SSSR count). The Hall–Kier alpha value is -2.23. The van der Waals surface area contributed by atoms with Crippen molar-refractivity contribution in [2.45, 2.75) is 39.9 Å². The highest BCUT2D eigenvalue weighted by Crippen LogP contribution is 2.34. The normalized spacial score (nSPS) is 21.3. The van der Waals surface area contributed by atoms with Gasteiger partial charge in [-0.25, -0.2) is 9.59 Å². The first-order valence-electron chi connectivity index (χ1n) is 9.64. The second-order valence-electron chi connectivity index (χ2n) is 7.01. The Kier molecular flexibility index (Phi) is 8.36. The quantitative estimate of drug-likeness (QED) is 0.480. The van der Waals surface area contributed by atoms with E-state index >= 15 is 0 Å². The van der Waals surface area contributed by atoms with Crippen molar-refractivity contribution >= 4 is 34.2 Å². The summed E-state index contributed by atoms with van der Waals surface area (Å²) in [7, 11) is 0. The first kappa shape index (κ1) is 23.1. The van der Waals surface area contributed by atoms with Crippen LogP contribution in [0.15, 0.2) is 12.7 Å². The third-order valence-electron chi connectivity index (χ3n) is 4.42. The molecule has 0 radical (unpaired) electrons. The molecule has 1 aliphatic rings. The Labute approximate surface area is 174 Å². The second-order valence-corrected chi connectivity index (χ2v) is 8.03. The van der Waals surface area contributed by atoms with Crippen molar-refractivity contribution in [3.63, 3.8) is 0 Å². The summed E-state index contributed by atoms with van der Waals surface area (Å²) in [5, 5.41) is 3.08. The van der Waals surface area contributed by atoms with Gasteiger partial charge in [-0.1, -0.05) is 12.7 Å². The van der Waals surface area contributed by atoms with Crippen molar-refractivity contribution in [3.05, 3.63) is 28.7 Å². The average Bonchev–Trinajstić information content (AvgIpc) is 2.94. The monoisotopic (exact) mass is 425 g/mol. The Morgan fingerprint density at radius 3 is 2.48 bits per heavy atom. The Bertz CT molecular complexity index is 765. The minimum Gasteiger partial charge on any atom is -0.462 e. The molecule has 1 saturated heterocycles. The molecule has 2 heterocycles. The summed E-state index contributed by atoms with van der Waals surface area (Å²) in [4.78, 5) is 38.7. The SMILES string of the molecule is C=CCOC(=O)c1sc(NC(=O)C[NH+]2C[C@@H](C)O[C@H](C)C2)c(C(=O)OCC)c1C. The number of hydrogen-bond acceptors (Lipinski definition) is 7. The lowest BCUT2D eigenvalue weighted by atomic mass is 10.1. The summed E-state index contributed by atoms with van der Waals surface area (Å²) < 4.78 is 15.9. The molecule has 0 unspecified atom stereocenters. The number of rotatable bonds is 8. The summed E-state index contributed by atoms with van der Waals surface area (Å²) in [6.45, 7) is 12.8. The number of carbonyl (C=O) groups is 3. The molecule has 0 aromatic carbocycles. The van der Waals surface area contributed by atoms with Crippen LogP contribution >= 0.6 is 11.3 Å². The van der Waals surface area contributed by atoms with Gasteiger partial charge in [-0.3, -0.25) is 4.79 Å². The van der Waals surface area contributed by atoms with Crippen LogP contribution in [0.2, 0.25) is 0 Å². The van der Waals surface area contributed by atoms with E-state index in [-0.39, 0.29) is 48.3 Å². The number of quaternary nitrogens is 1. The first-order valence-corrected chi connectivity index (χ1v) is 10.5. The highest BCUT2D eigenvalue weighted by molar-refractivity contribution is 7.18. The zero-order valence-corrected chi connectivity index (χ0v) is 18.1. The summed E-state index contributed by atoms with van der Waals surface area (Å²) in [5.41, 5.74) is 0.619. The van der Waals surface area contributed by atoms with Gasteiger partial charge in [-0.2, -0.15) is 0 Å². The van der Waals surface area contributed by atoms with Gasteiger partial charge >= 0.3 is 11.9 Å². The van der Waals surface area contributed by atoms with Crippen molar-refractivity contribution in [1.82, 2.24) is 0 Å². The molecule has 0 aliphatic carbocycles. The predicted molar refractivity (Wildman–Crippen MR) is 110 cm³/mol. The fourth-order valence-corrected chi connectivity index (χ4v) is 4.48. The van der Waals surface area contributed by atoms with Gasteiger partial charge in [0.25, 0.3) is 5.91 Å². The van der Waals surface area contributed by atoms with Crippen LogP contribution in [0, 0.1) is 6.92 Å². The second kappa shape index (κ2) is 10.5. The van der Waals surface area contributed by atoms with Crippen molar-refractivity contribution in [2.24, 2.45) is 0 Å². The number of amides is 1. The van der Waals surface area contributed by atoms with E-state index in [2.05, 4.69) is 11.9 Å². The maximum Gasteiger partial charge on any atom is 0.348 e. The van der Waals surface area contributed by atoms with Crippen LogP contribution in [-0.2, 0) is 19.0 Å². The van der Waals surface area contributed by atoms with Crippen LogP contribution in [-0.4, -0.2) is 62.9 Å². The maximum atomic E-state index is 12.6. The van der Waals surface area contributed by atoms with Gasteiger partial charge in [0.15, 0.2) is 6.54 Å². The van der Waals surface area contributed by atoms with Gasteiger partial charge < -0.3 is 24.4 Å². The van der Waals surface area contributed by atoms with Crippen LogP contribution in [0.3, 0.4) is 0 Å². The number of esters is 2. The largest absolute Gasteiger partial charge is 0.462 e. The van der Waals surface area contributed by atoms with E-state index in [1.54, 1.807) is 13.8 Å². The van der Waals surface area contributed by atoms with E-state index in [4.69, 9.17) is 14.2 Å². The molecule has 1 aromatic heterocycles. The molecule has 2 atom stereocenters. The van der Waals surface area contributed by atoms with Crippen LogP contribution in [0.5, 0.6) is 0 Å². The average molecular weight is 426 g/mol. The molecule has 1 aliphatic heterocycles. The predicted octanol–water partition coefficient (Wildman–Crippen LogP) is 1.21. The number of anilines is 1. The van der Waals surface area contributed by atoms with E-state index in [9.17, 15) is 14.4 Å². The Balaban J connectivity index is 2.20. The minimum atomic E-state index is -0.583. The van der Waals surface area contributed by atoms with Gasteiger partial charge in [-0.05, 0) is 33.3 Å². The summed E-state index contributed by atoms with van der Waals surface area (Å²) in [6, 6.07) is 0. The fourth-order valence-electron chi connectivity index (χ4n) is 3.38. The van der Waals surface area contributed by atoms with E-state index < -0.39 is 11.9 Å².